The van der Waals surface area contributed by atoms with Crippen LogP contribution >= 0.6 is 11.5 Å². The van der Waals surface area contributed by atoms with Gasteiger partial charge in [-0.3, -0.25) is 10.2 Å². The molecule has 1 amide bonds. The maximum absolute atomic E-state index is 12.3. The van der Waals surface area contributed by atoms with Crippen molar-refractivity contribution in [2.24, 2.45) is 0 Å². The largest absolute Gasteiger partial charge is 0.287 e. The summed E-state index contributed by atoms with van der Waals surface area (Å²) in [5, 5.41) is 3.99. The van der Waals surface area contributed by atoms with Crippen molar-refractivity contribution in [3.8, 4) is 0 Å². The van der Waals surface area contributed by atoms with E-state index in [0.717, 1.165) is 23.1 Å². The standard InChI is InChI=1S/C14H18N4OS/c19-14(17-15-10-6-3-1-2-4-7-10)11-8-5-9-12-13(11)20-18-16-12/h5,8-10,15H,1-4,6-7H2,(H,17,19). The highest BCUT2D eigenvalue weighted by Gasteiger charge is 2.15. The van der Waals surface area contributed by atoms with Gasteiger partial charge in [-0.2, -0.15) is 0 Å². The van der Waals surface area contributed by atoms with Crippen molar-refractivity contribution in [3.63, 3.8) is 0 Å². The maximum atomic E-state index is 12.3. The summed E-state index contributed by atoms with van der Waals surface area (Å²) >= 11 is 1.26. The quantitative estimate of drug-likeness (QED) is 0.673. The molecule has 0 aliphatic heterocycles. The molecule has 1 aliphatic carbocycles. The van der Waals surface area contributed by atoms with Crippen molar-refractivity contribution >= 4 is 27.7 Å². The summed E-state index contributed by atoms with van der Waals surface area (Å²) in [4.78, 5) is 12.3. The lowest BCUT2D eigenvalue weighted by Crippen LogP contribution is -2.44. The Kier molecular flexibility index (Phi) is 4.22. The molecule has 1 fully saturated rings. The van der Waals surface area contributed by atoms with E-state index >= 15 is 0 Å². The van der Waals surface area contributed by atoms with E-state index in [2.05, 4.69) is 20.4 Å². The number of carbonyl (C=O) groups is 1. The lowest BCUT2D eigenvalue weighted by Gasteiger charge is -2.16. The molecule has 106 valence electrons. The smallest absolute Gasteiger partial charge is 0.266 e. The third-order valence-electron chi connectivity index (χ3n) is 3.76. The van der Waals surface area contributed by atoms with Gasteiger partial charge in [0.1, 0.15) is 5.52 Å². The van der Waals surface area contributed by atoms with Crippen molar-refractivity contribution in [1.29, 1.82) is 0 Å². The van der Waals surface area contributed by atoms with E-state index in [-0.39, 0.29) is 5.91 Å². The van der Waals surface area contributed by atoms with Crippen LogP contribution in [0.25, 0.3) is 10.2 Å². The third kappa shape index (κ3) is 2.96. The predicted molar refractivity (Wildman–Crippen MR) is 79.5 cm³/mol. The first-order valence-corrected chi connectivity index (χ1v) is 7.89. The molecule has 2 N–H and O–H groups in total. The van der Waals surface area contributed by atoms with Gasteiger partial charge in [-0.25, -0.2) is 5.43 Å². The van der Waals surface area contributed by atoms with Gasteiger partial charge in [0.2, 0.25) is 0 Å². The normalized spacial score (nSPS) is 17.0. The lowest BCUT2D eigenvalue weighted by atomic mass is 10.1. The Morgan fingerprint density at radius 2 is 2.00 bits per heavy atom. The van der Waals surface area contributed by atoms with Crippen LogP contribution in [0.5, 0.6) is 0 Å². The Bertz CT molecular complexity index is 590. The Morgan fingerprint density at radius 3 is 2.80 bits per heavy atom. The second-order valence-electron chi connectivity index (χ2n) is 5.21. The molecule has 0 radical (unpaired) electrons. The number of aromatic nitrogens is 2. The van der Waals surface area contributed by atoms with E-state index in [9.17, 15) is 4.79 Å². The van der Waals surface area contributed by atoms with Crippen molar-refractivity contribution in [2.45, 2.75) is 44.6 Å². The summed E-state index contributed by atoms with van der Waals surface area (Å²) in [5.41, 5.74) is 7.43. The number of hydrogen-bond donors (Lipinski definition) is 2. The second-order valence-corrected chi connectivity index (χ2v) is 5.97. The first kappa shape index (κ1) is 13.5. The van der Waals surface area contributed by atoms with Crippen LogP contribution in [0.3, 0.4) is 0 Å². The van der Waals surface area contributed by atoms with Gasteiger partial charge >= 0.3 is 0 Å². The van der Waals surface area contributed by atoms with E-state index in [1.807, 2.05) is 18.2 Å². The lowest BCUT2D eigenvalue weighted by molar-refractivity contribution is 0.0925. The predicted octanol–water partition coefficient (Wildman–Crippen LogP) is 2.65. The first-order chi connectivity index (χ1) is 9.84. The summed E-state index contributed by atoms with van der Waals surface area (Å²) in [6, 6.07) is 5.91. The molecule has 3 rings (SSSR count). The van der Waals surface area contributed by atoms with Crippen LogP contribution in [0.15, 0.2) is 18.2 Å². The monoisotopic (exact) mass is 290 g/mol. The molecule has 2 aromatic rings. The summed E-state index contributed by atoms with van der Waals surface area (Å²) < 4.78 is 4.74. The molecule has 1 aromatic heterocycles. The van der Waals surface area contributed by atoms with E-state index in [1.54, 1.807) is 0 Å². The van der Waals surface area contributed by atoms with Gasteiger partial charge in [-0.1, -0.05) is 36.2 Å². The fraction of sp³-hybridized carbons (Fsp3) is 0.500. The number of carbonyl (C=O) groups excluding carboxylic acids is 1. The van der Waals surface area contributed by atoms with E-state index in [4.69, 9.17) is 0 Å². The number of hydrazine groups is 1. The van der Waals surface area contributed by atoms with Crippen molar-refractivity contribution in [1.82, 2.24) is 20.4 Å². The molecule has 1 aliphatic rings. The van der Waals surface area contributed by atoms with Gasteiger partial charge in [0.05, 0.1) is 10.3 Å². The summed E-state index contributed by atoms with van der Waals surface area (Å²) in [7, 11) is 0. The van der Waals surface area contributed by atoms with Gasteiger partial charge in [-0.15, -0.1) is 5.10 Å². The van der Waals surface area contributed by atoms with Crippen LogP contribution in [0.1, 0.15) is 48.9 Å². The second kappa shape index (κ2) is 6.28. The molecule has 0 bridgehead atoms. The highest BCUT2D eigenvalue weighted by Crippen LogP contribution is 2.20. The van der Waals surface area contributed by atoms with Crippen LogP contribution in [0.4, 0.5) is 0 Å². The Morgan fingerprint density at radius 1 is 1.20 bits per heavy atom. The number of rotatable bonds is 3. The first-order valence-electron chi connectivity index (χ1n) is 7.11. The van der Waals surface area contributed by atoms with Crippen LogP contribution in [0, 0.1) is 0 Å². The zero-order chi connectivity index (χ0) is 13.8. The minimum Gasteiger partial charge on any atom is -0.287 e. The Labute approximate surface area is 121 Å². The zero-order valence-corrected chi connectivity index (χ0v) is 12.1. The Balaban J connectivity index is 1.65. The molecule has 0 saturated heterocycles. The van der Waals surface area contributed by atoms with Crippen LogP contribution in [-0.4, -0.2) is 21.5 Å². The minimum absolute atomic E-state index is 0.106. The van der Waals surface area contributed by atoms with Gasteiger partial charge < -0.3 is 0 Å². The summed E-state index contributed by atoms with van der Waals surface area (Å²) in [6.45, 7) is 0. The van der Waals surface area contributed by atoms with Crippen LogP contribution in [0.2, 0.25) is 0 Å². The van der Waals surface area contributed by atoms with Crippen LogP contribution in [-0.2, 0) is 0 Å². The SMILES string of the molecule is O=C(NNC1CCCCCC1)c1cccc2nnsc12. The molecule has 20 heavy (non-hydrogen) atoms. The van der Waals surface area contributed by atoms with Crippen molar-refractivity contribution in [2.75, 3.05) is 0 Å². The van der Waals surface area contributed by atoms with Gasteiger partial charge in [0.25, 0.3) is 5.91 Å². The van der Waals surface area contributed by atoms with Crippen molar-refractivity contribution < 1.29 is 4.79 Å². The van der Waals surface area contributed by atoms with Crippen LogP contribution < -0.4 is 10.9 Å². The van der Waals surface area contributed by atoms with Gasteiger partial charge in [0, 0.05) is 6.04 Å². The summed E-state index contributed by atoms with van der Waals surface area (Å²) in [6.07, 6.45) is 7.35. The average Bonchev–Trinajstić information content (AvgIpc) is 2.80. The fourth-order valence-corrected chi connectivity index (χ4v) is 3.31. The number of nitrogens with zero attached hydrogens (tertiary/aromatic N) is 2. The number of hydrogen-bond acceptors (Lipinski definition) is 5. The number of nitrogens with one attached hydrogen (secondary N) is 2. The van der Waals surface area contributed by atoms with E-state index < -0.39 is 0 Å². The van der Waals surface area contributed by atoms with Gasteiger partial charge in [-0.05, 0) is 36.5 Å². The Hall–Kier alpha value is -1.53. The molecule has 1 saturated carbocycles. The highest BCUT2D eigenvalue weighted by molar-refractivity contribution is 7.13. The fourth-order valence-electron chi connectivity index (χ4n) is 2.64. The van der Waals surface area contributed by atoms with E-state index in [1.165, 1.54) is 37.2 Å². The van der Waals surface area contributed by atoms with Crippen molar-refractivity contribution in [3.05, 3.63) is 23.8 Å². The number of benzene rings is 1. The molecule has 6 heteroatoms. The average molecular weight is 290 g/mol. The molecule has 1 aromatic carbocycles. The number of fused-ring (bicyclic) bond motifs is 1. The molecule has 0 unspecified atom stereocenters. The topological polar surface area (TPSA) is 66.9 Å². The third-order valence-corrected chi connectivity index (χ3v) is 4.54. The minimum atomic E-state index is -0.106. The molecule has 0 atom stereocenters. The molecular formula is C14H18N4OS. The maximum Gasteiger partial charge on any atom is 0.266 e. The molecular weight excluding hydrogens is 272 g/mol. The zero-order valence-electron chi connectivity index (χ0n) is 11.3. The summed E-state index contributed by atoms with van der Waals surface area (Å²) in [5.74, 6) is -0.106. The van der Waals surface area contributed by atoms with Gasteiger partial charge in [0.15, 0.2) is 0 Å². The molecule has 1 heterocycles. The van der Waals surface area contributed by atoms with E-state index in [0.29, 0.717) is 11.6 Å². The highest BCUT2D eigenvalue weighted by atomic mass is 32.1. The molecule has 0 spiro atoms. The number of amides is 1. The molecule has 5 nitrogen and oxygen atoms in total.